The number of rotatable bonds is 5. The fourth-order valence-corrected chi connectivity index (χ4v) is 1.20. The molecule has 0 unspecified atom stereocenters. The number of nitrogens with zero attached hydrogens (tertiary/aromatic N) is 1. The molecule has 4 heteroatoms. The molecular weight excluding hydrogens is 192 g/mol. The summed E-state index contributed by atoms with van der Waals surface area (Å²) >= 11 is 0. The van der Waals surface area contributed by atoms with E-state index >= 15 is 0 Å². The normalized spacial score (nSPS) is 12.1. The number of carbonyl (C=O) groups is 1. The maximum Gasteiger partial charge on any atom is 0.220 e. The molecule has 1 aromatic rings. The highest BCUT2D eigenvalue weighted by Crippen LogP contribution is 2.00. The van der Waals surface area contributed by atoms with Crippen LogP contribution in [-0.4, -0.2) is 28.6 Å². The van der Waals surface area contributed by atoms with Crippen LogP contribution in [0, 0.1) is 0 Å². The van der Waals surface area contributed by atoms with Gasteiger partial charge in [-0.1, -0.05) is 0 Å². The van der Waals surface area contributed by atoms with Crippen LogP contribution in [0.4, 0.5) is 0 Å². The summed E-state index contributed by atoms with van der Waals surface area (Å²) in [6.45, 7) is 1.74. The molecule has 1 amide bonds. The molecule has 0 spiro atoms. The molecule has 0 bridgehead atoms. The SMILES string of the molecule is C[C@H](CO)NC(=O)CCc1ccncc1. The molecule has 2 N–H and O–H groups in total. The van der Waals surface area contributed by atoms with Gasteiger partial charge >= 0.3 is 0 Å². The van der Waals surface area contributed by atoms with Gasteiger partial charge in [-0.05, 0) is 31.0 Å². The number of nitrogens with one attached hydrogen (secondary N) is 1. The van der Waals surface area contributed by atoms with Gasteiger partial charge in [0, 0.05) is 24.9 Å². The quantitative estimate of drug-likeness (QED) is 0.741. The molecule has 1 rings (SSSR count). The zero-order valence-corrected chi connectivity index (χ0v) is 8.81. The van der Waals surface area contributed by atoms with E-state index in [0.717, 1.165) is 5.56 Å². The second kappa shape index (κ2) is 6.14. The van der Waals surface area contributed by atoms with E-state index in [2.05, 4.69) is 10.3 Å². The summed E-state index contributed by atoms with van der Waals surface area (Å²) in [5.74, 6) is -0.0339. The smallest absolute Gasteiger partial charge is 0.220 e. The number of hydrogen-bond acceptors (Lipinski definition) is 3. The average Bonchev–Trinajstić information content (AvgIpc) is 2.27. The van der Waals surface area contributed by atoms with Crippen LogP contribution in [0.2, 0.25) is 0 Å². The van der Waals surface area contributed by atoms with Gasteiger partial charge < -0.3 is 10.4 Å². The number of hydrogen-bond donors (Lipinski definition) is 2. The highest BCUT2D eigenvalue weighted by atomic mass is 16.3. The molecule has 1 aromatic heterocycles. The minimum absolute atomic E-state index is 0.0268. The highest BCUT2D eigenvalue weighted by Gasteiger charge is 2.05. The molecule has 0 radical (unpaired) electrons. The minimum atomic E-state index is -0.171. The van der Waals surface area contributed by atoms with Gasteiger partial charge in [-0.25, -0.2) is 0 Å². The largest absolute Gasteiger partial charge is 0.394 e. The summed E-state index contributed by atoms with van der Waals surface area (Å²) in [6.07, 6.45) is 4.56. The van der Waals surface area contributed by atoms with Crippen molar-refractivity contribution in [3.63, 3.8) is 0 Å². The van der Waals surface area contributed by atoms with Gasteiger partial charge in [0.25, 0.3) is 0 Å². The zero-order chi connectivity index (χ0) is 11.1. The third kappa shape index (κ3) is 4.56. The van der Waals surface area contributed by atoms with Crippen molar-refractivity contribution in [3.05, 3.63) is 30.1 Å². The van der Waals surface area contributed by atoms with Crippen molar-refractivity contribution < 1.29 is 9.90 Å². The van der Waals surface area contributed by atoms with E-state index in [1.165, 1.54) is 0 Å². The molecule has 82 valence electrons. The van der Waals surface area contributed by atoms with Crippen molar-refractivity contribution in [2.45, 2.75) is 25.8 Å². The number of amides is 1. The van der Waals surface area contributed by atoms with Crippen molar-refractivity contribution in [2.24, 2.45) is 0 Å². The Kier molecular flexibility index (Phi) is 4.77. The predicted octanol–water partition coefficient (Wildman–Crippen LogP) is 0.511. The summed E-state index contributed by atoms with van der Waals surface area (Å²) in [6, 6.07) is 3.61. The third-order valence-corrected chi connectivity index (χ3v) is 2.07. The number of pyridine rings is 1. The molecule has 4 nitrogen and oxygen atoms in total. The van der Waals surface area contributed by atoms with Gasteiger partial charge in [0.1, 0.15) is 0 Å². The molecule has 15 heavy (non-hydrogen) atoms. The Balaban J connectivity index is 2.29. The van der Waals surface area contributed by atoms with Gasteiger partial charge in [0.2, 0.25) is 5.91 Å². The number of aliphatic hydroxyl groups is 1. The third-order valence-electron chi connectivity index (χ3n) is 2.07. The lowest BCUT2D eigenvalue weighted by molar-refractivity contribution is -0.121. The van der Waals surface area contributed by atoms with Crippen molar-refractivity contribution in [3.8, 4) is 0 Å². The van der Waals surface area contributed by atoms with Gasteiger partial charge in [0.15, 0.2) is 0 Å². The lowest BCUT2D eigenvalue weighted by Gasteiger charge is -2.10. The maximum absolute atomic E-state index is 11.3. The van der Waals surface area contributed by atoms with E-state index in [4.69, 9.17) is 5.11 Å². The van der Waals surface area contributed by atoms with Crippen molar-refractivity contribution in [1.82, 2.24) is 10.3 Å². The first-order valence-electron chi connectivity index (χ1n) is 5.01. The molecule has 0 aliphatic rings. The summed E-state index contributed by atoms with van der Waals surface area (Å²) in [5, 5.41) is 11.4. The van der Waals surface area contributed by atoms with Crippen LogP contribution in [0.3, 0.4) is 0 Å². The van der Waals surface area contributed by atoms with Gasteiger partial charge in [-0.2, -0.15) is 0 Å². The highest BCUT2D eigenvalue weighted by molar-refractivity contribution is 5.76. The lowest BCUT2D eigenvalue weighted by atomic mass is 10.1. The summed E-state index contributed by atoms with van der Waals surface area (Å²) < 4.78 is 0. The van der Waals surface area contributed by atoms with Crippen LogP contribution in [-0.2, 0) is 11.2 Å². The van der Waals surface area contributed by atoms with E-state index < -0.39 is 0 Å². The van der Waals surface area contributed by atoms with Crippen LogP contribution in [0.1, 0.15) is 18.9 Å². The molecule has 0 aliphatic carbocycles. The number of aryl methyl sites for hydroxylation is 1. The van der Waals surface area contributed by atoms with E-state index in [1.54, 1.807) is 19.3 Å². The maximum atomic E-state index is 11.3. The Morgan fingerprint density at radius 3 is 2.80 bits per heavy atom. The molecular formula is C11H16N2O2. The molecule has 1 heterocycles. The van der Waals surface area contributed by atoms with Gasteiger partial charge in [-0.3, -0.25) is 9.78 Å². The molecule has 0 aromatic carbocycles. The molecule has 1 atom stereocenters. The van der Waals surface area contributed by atoms with E-state index in [1.807, 2.05) is 12.1 Å². The Morgan fingerprint density at radius 2 is 2.20 bits per heavy atom. The van der Waals surface area contributed by atoms with Gasteiger partial charge in [-0.15, -0.1) is 0 Å². The number of aromatic nitrogens is 1. The molecule has 0 fully saturated rings. The Hall–Kier alpha value is -1.42. The van der Waals surface area contributed by atoms with Crippen molar-refractivity contribution >= 4 is 5.91 Å². The van der Waals surface area contributed by atoms with Crippen LogP contribution in [0.5, 0.6) is 0 Å². The molecule has 0 saturated heterocycles. The first-order valence-corrected chi connectivity index (χ1v) is 5.01. The number of carbonyl (C=O) groups excluding carboxylic acids is 1. The van der Waals surface area contributed by atoms with E-state index in [0.29, 0.717) is 12.8 Å². The second-order valence-electron chi connectivity index (χ2n) is 3.51. The molecule has 0 saturated carbocycles. The first kappa shape index (κ1) is 11.7. The van der Waals surface area contributed by atoms with Crippen LogP contribution in [0.15, 0.2) is 24.5 Å². The van der Waals surface area contributed by atoms with Crippen molar-refractivity contribution in [2.75, 3.05) is 6.61 Å². The summed E-state index contributed by atoms with van der Waals surface area (Å²) in [4.78, 5) is 15.2. The standard InChI is InChI=1S/C11H16N2O2/c1-9(8-14)13-11(15)3-2-10-4-6-12-7-5-10/h4-7,9,14H,2-3,8H2,1H3,(H,13,15)/t9-/m1/s1. The zero-order valence-electron chi connectivity index (χ0n) is 8.81. The van der Waals surface area contributed by atoms with Crippen LogP contribution >= 0.6 is 0 Å². The van der Waals surface area contributed by atoms with Gasteiger partial charge in [0.05, 0.1) is 6.61 Å². The van der Waals surface area contributed by atoms with E-state index in [-0.39, 0.29) is 18.6 Å². The Bertz CT molecular complexity index is 301. The second-order valence-corrected chi connectivity index (χ2v) is 3.51. The minimum Gasteiger partial charge on any atom is -0.394 e. The fourth-order valence-electron chi connectivity index (χ4n) is 1.20. The number of aliphatic hydroxyl groups excluding tert-OH is 1. The van der Waals surface area contributed by atoms with E-state index in [9.17, 15) is 4.79 Å². The van der Waals surface area contributed by atoms with Crippen molar-refractivity contribution in [1.29, 1.82) is 0 Å². The predicted molar refractivity (Wildman–Crippen MR) is 57.2 cm³/mol. The lowest BCUT2D eigenvalue weighted by Crippen LogP contribution is -2.35. The Morgan fingerprint density at radius 1 is 1.53 bits per heavy atom. The molecule has 0 aliphatic heterocycles. The summed E-state index contributed by atoms with van der Waals surface area (Å²) in [5.41, 5.74) is 1.09. The Labute approximate surface area is 89.3 Å². The van der Waals surface area contributed by atoms with Crippen LogP contribution < -0.4 is 5.32 Å². The topological polar surface area (TPSA) is 62.2 Å². The monoisotopic (exact) mass is 208 g/mol. The summed E-state index contributed by atoms with van der Waals surface area (Å²) in [7, 11) is 0. The van der Waals surface area contributed by atoms with Crippen LogP contribution in [0.25, 0.3) is 0 Å². The average molecular weight is 208 g/mol. The fraction of sp³-hybridized carbons (Fsp3) is 0.455. The first-order chi connectivity index (χ1) is 7.22.